The Bertz CT molecular complexity index is 405. The molecule has 4 heteroatoms. The first-order valence-electron chi connectivity index (χ1n) is 7.19. The zero-order chi connectivity index (χ0) is 15.1. The van der Waals surface area contributed by atoms with Crippen molar-refractivity contribution in [2.45, 2.75) is 51.8 Å². The molecule has 1 aromatic carbocycles. The van der Waals surface area contributed by atoms with Crippen LogP contribution in [0.3, 0.4) is 0 Å². The van der Waals surface area contributed by atoms with Crippen LogP contribution < -0.4 is 5.32 Å². The standard InChI is InChI=1S/C16H25NO3/c1-4-8-13(16(19)20)17-14(11(2)3)15(18)12-9-6-5-7-10-12/h5-7,9-11,13-15,17-18H,4,8H2,1-3H3,(H,19,20). The van der Waals surface area contributed by atoms with Gasteiger partial charge in [-0.25, -0.2) is 0 Å². The molecule has 20 heavy (non-hydrogen) atoms. The molecule has 0 saturated heterocycles. The van der Waals surface area contributed by atoms with Crippen molar-refractivity contribution >= 4 is 5.97 Å². The zero-order valence-corrected chi connectivity index (χ0v) is 12.4. The molecule has 112 valence electrons. The Morgan fingerprint density at radius 3 is 2.30 bits per heavy atom. The molecule has 0 amide bonds. The number of hydrogen-bond acceptors (Lipinski definition) is 3. The van der Waals surface area contributed by atoms with Crippen molar-refractivity contribution in [2.75, 3.05) is 0 Å². The minimum absolute atomic E-state index is 0.129. The van der Waals surface area contributed by atoms with Crippen molar-refractivity contribution in [3.05, 3.63) is 35.9 Å². The number of hydrogen-bond donors (Lipinski definition) is 3. The number of benzene rings is 1. The third-order valence-corrected chi connectivity index (χ3v) is 3.47. The third-order valence-electron chi connectivity index (χ3n) is 3.47. The third kappa shape index (κ3) is 4.62. The largest absolute Gasteiger partial charge is 0.480 e. The molecule has 0 radical (unpaired) electrons. The summed E-state index contributed by atoms with van der Waals surface area (Å²) in [7, 11) is 0. The molecule has 1 aromatic rings. The highest BCUT2D eigenvalue weighted by Crippen LogP contribution is 2.22. The molecule has 0 spiro atoms. The van der Waals surface area contributed by atoms with Crippen molar-refractivity contribution in [3.8, 4) is 0 Å². The summed E-state index contributed by atoms with van der Waals surface area (Å²) in [4.78, 5) is 11.3. The average Bonchev–Trinajstić information content (AvgIpc) is 2.43. The van der Waals surface area contributed by atoms with Gasteiger partial charge >= 0.3 is 5.97 Å². The molecule has 3 atom stereocenters. The summed E-state index contributed by atoms with van der Waals surface area (Å²) < 4.78 is 0. The molecule has 0 saturated carbocycles. The van der Waals surface area contributed by atoms with E-state index in [1.165, 1.54) is 0 Å². The predicted molar refractivity (Wildman–Crippen MR) is 79.5 cm³/mol. The number of aliphatic hydroxyl groups excluding tert-OH is 1. The van der Waals surface area contributed by atoms with Gasteiger partial charge in [-0.05, 0) is 17.9 Å². The normalized spacial score (nSPS) is 15.8. The number of aliphatic hydroxyl groups is 1. The molecule has 0 aliphatic rings. The number of rotatable bonds is 8. The molecule has 4 nitrogen and oxygen atoms in total. The van der Waals surface area contributed by atoms with Crippen LogP contribution in [0, 0.1) is 5.92 Å². The Hall–Kier alpha value is -1.39. The lowest BCUT2D eigenvalue weighted by Gasteiger charge is -2.30. The van der Waals surface area contributed by atoms with Crippen LogP contribution in [0.4, 0.5) is 0 Å². The van der Waals surface area contributed by atoms with Crippen molar-refractivity contribution in [3.63, 3.8) is 0 Å². The molecule has 0 fully saturated rings. The first-order valence-corrected chi connectivity index (χ1v) is 7.19. The molecule has 0 aromatic heterocycles. The summed E-state index contributed by atoms with van der Waals surface area (Å²) in [5, 5.41) is 22.8. The minimum Gasteiger partial charge on any atom is -0.480 e. The van der Waals surface area contributed by atoms with Gasteiger partial charge in [0.05, 0.1) is 6.10 Å². The van der Waals surface area contributed by atoms with Crippen LogP contribution in [0.25, 0.3) is 0 Å². The molecule has 0 aliphatic heterocycles. The van der Waals surface area contributed by atoms with Gasteiger partial charge < -0.3 is 10.2 Å². The first kappa shape index (κ1) is 16.7. The van der Waals surface area contributed by atoms with E-state index >= 15 is 0 Å². The minimum atomic E-state index is -0.863. The van der Waals surface area contributed by atoms with Crippen LogP contribution >= 0.6 is 0 Å². The number of carbonyl (C=O) groups is 1. The van der Waals surface area contributed by atoms with Crippen molar-refractivity contribution in [1.82, 2.24) is 5.32 Å². The number of aliphatic carboxylic acids is 1. The smallest absolute Gasteiger partial charge is 0.320 e. The molecule has 0 aliphatic carbocycles. The second-order valence-corrected chi connectivity index (χ2v) is 5.47. The summed E-state index contributed by atoms with van der Waals surface area (Å²) in [6.07, 6.45) is 0.630. The average molecular weight is 279 g/mol. The van der Waals surface area contributed by atoms with Crippen LogP contribution in [0.5, 0.6) is 0 Å². The van der Waals surface area contributed by atoms with Gasteiger partial charge in [-0.15, -0.1) is 0 Å². The maximum Gasteiger partial charge on any atom is 0.320 e. The summed E-state index contributed by atoms with van der Waals surface area (Å²) in [5.74, 6) is -0.735. The molecule has 3 N–H and O–H groups in total. The Morgan fingerprint density at radius 2 is 1.85 bits per heavy atom. The number of carboxylic acid groups (broad SMARTS) is 1. The number of carboxylic acids is 1. The summed E-state index contributed by atoms with van der Waals surface area (Å²) >= 11 is 0. The second kappa shape index (κ2) is 8.02. The molecule has 0 heterocycles. The van der Waals surface area contributed by atoms with Gasteiger partial charge in [0.25, 0.3) is 0 Å². The van der Waals surface area contributed by atoms with Crippen molar-refractivity contribution in [2.24, 2.45) is 5.92 Å². The van der Waals surface area contributed by atoms with Gasteiger partial charge in [0.1, 0.15) is 6.04 Å². The lowest BCUT2D eigenvalue weighted by Crippen LogP contribution is -2.48. The fourth-order valence-corrected chi connectivity index (χ4v) is 2.30. The predicted octanol–water partition coefficient (Wildman–Crippen LogP) is 2.59. The van der Waals surface area contributed by atoms with E-state index in [9.17, 15) is 15.0 Å². The van der Waals surface area contributed by atoms with E-state index in [1.54, 1.807) is 0 Å². The fourth-order valence-electron chi connectivity index (χ4n) is 2.30. The summed E-state index contributed by atoms with van der Waals surface area (Å²) in [6.45, 7) is 5.92. The molecular weight excluding hydrogens is 254 g/mol. The van der Waals surface area contributed by atoms with Gasteiger partial charge in [0, 0.05) is 6.04 Å². The van der Waals surface area contributed by atoms with Crippen LogP contribution in [-0.4, -0.2) is 28.3 Å². The van der Waals surface area contributed by atoms with E-state index in [2.05, 4.69) is 5.32 Å². The second-order valence-electron chi connectivity index (χ2n) is 5.47. The quantitative estimate of drug-likeness (QED) is 0.684. The van der Waals surface area contributed by atoms with Crippen LogP contribution in [0.1, 0.15) is 45.3 Å². The van der Waals surface area contributed by atoms with Gasteiger partial charge in [-0.2, -0.15) is 0 Å². The van der Waals surface area contributed by atoms with Crippen molar-refractivity contribution < 1.29 is 15.0 Å². The summed E-state index contributed by atoms with van der Waals surface area (Å²) in [6, 6.07) is 8.45. The van der Waals surface area contributed by atoms with Crippen LogP contribution in [0.2, 0.25) is 0 Å². The molecule has 3 unspecified atom stereocenters. The SMILES string of the molecule is CCCC(NC(C(C)C)C(O)c1ccccc1)C(=O)O. The maximum absolute atomic E-state index is 11.3. The molecular formula is C16H25NO3. The van der Waals surface area contributed by atoms with Gasteiger partial charge in [0.2, 0.25) is 0 Å². The van der Waals surface area contributed by atoms with E-state index in [0.29, 0.717) is 6.42 Å². The van der Waals surface area contributed by atoms with Gasteiger partial charge in [-0.3, -0.25) is 10.1 Å². The molecule has 0 bridgehead atoms. The fraction of sp³-hybridized carbons (Fsp3) is 0.562. The lowest BCUT2D eigenvalue weighted by molar-refractivity contribution is -0.140. The summed E-state index contributed by atoms with van der Waals surface area (Å²) in [5.41, 5.74) is 0.805. The van der Waals surface area contributed by atoms with E-state index in [0.717, 1.165) is 12.0 Å². The van der Waals surface area contributed by atoms with Crippen LogP contribution in [-0.2, 0) is 4.79 Å². The van der Waals surface area contributed by atoms with E-state index in [1.807, 2.05) is 51.1 Å². The van der Waals surface area contributed by atoms with E-state index in [4.69, 9.17) is 0 Å². The van der Waals surface area contributed by atoms with E-state index < -0.39 is 18.1 Å². The van der Waals surface area contributed by atoms with Gasteiger partial charge in [0.15, 0.2) is 0 Å². The highest BCUT2D eigenvalue weighted by atomic mass is 16.4. The van der Waals surface area contributed by atoms with Crippen molar-refractivity contribution in [1.29, 1.82) is 0 Å². The topological polar surface area (TPSA) is 69.6 Å². The Kier molecular flexibility index (Phi) is 6.68. The Labute approximate surface area is 120 Å². The van der Waals surface area contributed by atoms with E-state index in [-0.39, 0.29) is 12.0 Å². The monoisotopic (exact) mass is 279 g/mol. The molecule has 1 rings (SSSR count). The van der Waals surface area contributed by atoms with Crippen LogP contribution in [0.15, 0.2) is 30.3 Å². The number of nitrogens with one attached hydrogen (secondary N) is 1. The zero-order valence-electron chi connectivity index (χ0n) is 12.4. The highest BCUT2D eigenvalue weighted by Gasteiger charge is 2.28. The first-order chi connectivity index (χ1) is 9.47. The lowest BCUT2D eigenvalue weighted by atomic mass is 9.92. The Morgan fingerprint density at radius 1 is 1.25 bits per heavy atom. The Balaban J connectivity index is 2.85. The highest BCUT2D eigenvalue weighted by molar-refractivity contribution is 5.73. The van der Waals surface area contributed by atoms with Gasteiger partial charge in [-0.1, -0.05) is 57.5 Å². The maximum atomic E-state index is 11.3.